The van der Waals surface area contributed by atoms with Crippen LogP contribution in [0, 0.1) is 25.8 Å². The zero-order chi connectivity index (χ0) is 43.1. The average Bonchev–Trinajstić information content (AvgIpc) is 3.67. The Hall–Kier alpha value is -6.35. The van der Waals surface area contributed by atoms with Gasteiger partial charge in [-0.2, -0.15) is 0 Å². The van der Waals surface area contributed by atoms with Crippen LogP contribution in [0.1, 0.15) is 57.2 Å². The number of para-hydroxylation sites is 1. The number of aromatic hydroxyl groups is 1. The predicted molar refractivity (Wildman–Crippen MR) is 254 cm³/mol. The molecule has 0 saturated heterocycles. The Balaban J connectivity index is 0.00000544. The smallest absolute Gasteiger partial charge is 0.148 e. The van der Waals surface area contributed by atoms with Crippen LogP contribution in [0.15, 0.2) is 164 Å². The summed E-state index contributed by atoms with van der Waals surface area (Å²) >= 11 is 0. The van der Waals surface area contributed by atoms with Gasteiger partial charge in [0.15, 0.2) is 0 Å². The average molecular weight is 989 g/mol. The number of phenols is 1. The van der Waals surface area contributed by atoms with Gasteiger partial charge < -0.3 is 5.11 Å². The van der Waals surface area contributed by atoms with Gasteiger partial charge in [0.25, 0.3) is 0 Å². The first kappa shape index (κ1) is 41.0. The van der Waals surface area contributed by atoms with Gasteiger partial charge in [0.1, 0.15) is 11.6 Å². The molecule has 7 aromatic carbocycles. The second kappa shape index (κ2) is 17.9. The van der Waals surface area contributed by atoms with Crippen molar-refractivity contribution in [3.8, 4) is 78.6 Å². The summed E-state index contributed by atoms with van der Waals surface area (Å²) in [6, 6.07) is 58.7. The molecule has 62 heavy (non-hydrogen) atoms. The van der Waals surface area contributed by atoms with Gasteiger partial charge in [-0.05, 0) is 107 Å². The zero-order valence-electron chi connectivity index (χ0n) is 37.0. The zero-order valence-corrected chi connectivity index (χ0v) is 38.3. The standard InChI is InChI=1S/C57H50N3O.Pt/c1-36(2)28-40-20-25-53(50(31-40)44-16-11-8-12-17-44)60-54-19-13-18-49(55(54)59-57(60)51-30-38(5)29-39(6)56(51)61)47-32-46(42-14-9-7-10-15-42)33-48(34-47)52-35-45(26-27-58-52)43-23-21-41(22-24-43)37(3)4;/h7-27,29-33,35-37,61H,28H2,1-6H3;/q-1;/i37D;. The van der Waals surface area contributed by atoms with E-state index < -0.39 is 5.89 Å². The number of nitrogens with zero attached hydrogens (tertiary/aromatic N) is 3. The summed E-state index contributed by atoms with van der Waals surface area (Å²) in [7, 11) is 0. The number of aromatic nitrogens is 3. The van der Waals surface area contributed by atoms with Crippen molar-refractivity contribution in [2.75, 3.05) is 0 Å². The molecule has 2 aromatic heterocycles. The van der Waals surface area contributed by atoms with E-state index in [0.29, 0.717) is 17.3 Å². The maximum atomic E-state index is 11.8. The number of pyridine rings is 1. The van der Waals surface area contributed by atoms with Crippen LogP contribution in [0.5, 0.6) is 5.75 Å². The largest absolute Gasteiger partial charge is 0.507 e. The Morgan fingerprint density at radius 3 is 2.03 bits per heavy atom. The normalized spacial score (nSPS) is 11.8. The summed E-state index contributed by atoms with van der Waals surface area (Å²) in [6.07, 6.45) is 2.82. The van der Waals surface area contributed by atoms with Crippen molar-refractivity contribution in [3.63, 3.8) is 0 Å². The molecule has 0 aliphatic rings. The summed E-state index contributed by atoms with van der Waals surface area (Å²) in [4.78, 5) is 10.4. The number of phenolic OH excluding ortho intramolecular Hbond substituents is 1. The maximum Gasteiger partial charge on any atom is 0.148 e. The molecule has 5 heteroatoms. The van der Waals surface area contributed by atoms with Crippen LogP contribution < -0.4 is 0 Å². The number of fused-ring (bicyclic) bond motifs is 1. The third-order valence-electron chi connectivity index (χ3n) is 11.5. The Labute approximate surface area is 381 Å². The molecule has 0 spiro atoms. The minimum absolute atomic E-state index is 0. The molecule has 310 valence electrons. The molecule has 0 aliphatic carbocycles. The van der Waals surface area contributed by atoms with Crippen LogP contribution in [0.4, 0.5) is 0 Å². The van der Waals surface area contributed by atoms with E-state index in [2.05, 4.69) is 153 Å². The maximum absolute atomic E-state index is 11.8. The van der Waals surface area contributed by atoms with E-state index in [1.54, 1.807) is 0 Å². The van der Waals surface area contributed by atoms with Gasteiger partial charge in [-0.3, -0.25) is 9.55 Å². The van der Waals surface area contributed by atoms with Crippen LogP contribution in [-0.2, 0) is 27.5 Å². The summed E-state index contributed by atoms with van der Waals surface area (Å²) in [5, 5.41) is 11.8. The molecular formula is C57H50N3OPt-. The summed E-state index contributed by atoms with van der Waals surface area (Å²) in [5.41, 5.74) is 17.4. The molecule has 0 saturated carbocycles. The van der Waals surface area contributed by atoms with Crippen molar-refractivity contribution in [2.45, 2.75) is 53.9 Å². The van der Waals surface area contributed by atoms with Gasteiger partial charge >= 0.3 is 0 Å². The van der Waals surface area contributed by atoms with E-state index >= 15 is 0 Å². The van der Waals surface area contributed by atoms with E-state index in [-0.39, 0.29) is 26.8 Å². The molecule has 0 atom stereocenters. The van der Waals surface area contributed by atoms with Crippen molar-refractivity contribution >= 4 is 11.0 Å². The molecule has 0 bridgehead atoms. The SMILES string of the molecule is [2H]C(C)(C)c1ccc(-c2ccnc(-c3[c-]c(-c4cccc5c4nc(-c4cc(C)cc(C)c4O)n5-c4ccc(CC(C)C)cc4-c4ccccc4)cc(-c4ccccc4)c3)c2)cc1.[Pt]. The summed E-state index contributed by atoms with van der Waals surface area (Å²) < 4.78 is 10.7. The molecule has 0 unspecified atom stereocenters. The molecule has 9 aromatic rings. The molecule has 0 amide bonds. The minimum Gasteiger partial charge on any atom is -0.507 e. The first-order valence-corrected chi connectivity index (χ1v) is 21.1. The van der Waals surface area contributed by atoms with Gasteiger partial charge in [-0.1, -0.05) is 160 Å². The summed E-state index contributed by atoms with van der Waals surface area (Å²) in [5.74, 6) is 0.712. The van der Waals surface area contributed by atoms with E-state index in [9.17, 15) is 5.11 Å². The molecule has 0 radical (unpaired) electrons. The van der Waals surface area contributed by atoms with Crippen molar-refractivity contribution < 1.29 is 27.5 Å². The molecule has 0 aliphatic heterocycles. The Morgan fingerprint density at radius 1 is 0.629 bits per heavy atom. The van der Waals surface area contributed by atoms with Crippen LogP contribution in [0.2, 0.25) is 0 Å². The Kier molecular flexibility index (Phi) is 11.9. The van der Waals surface area contributed by atoms with Gasteiger partial charge in [0, 0.05) is 39.9 Å². The number of hydrogen-bond donors (Lipinski definition) is 1. The van der Waals surface area contributed by atoms with Gasteiger partial charge in [-0.25, -0.2) is 4.98 Å². The quantitative estimate of drug-likeness (QED) is 0.139. The Morgan fingerprint density at radius 2 is 1.32 bits per heavy atom. The van der Waals surface area contributed by atoms with E-state index in [1.807, 2.05) is 63.4 Å². The molecule has 9 rings (SSSR count). The Bertz CT molecular complexity index is 3080. The molecule has 2 heterocycles. The number of imidazole rings is 1. The molecular weight excluding hydrogens is 938 g/mol. The number of aryl methyl sites for hydroxylation is 2. The fraction of sp³-hybridized carbons (Fsp3) is 0.158. The first-order valence-electron chi connectivity index (χ1n) is 21.6. The van der Waals surface area contributed by atoms with Gasteiger partial charge in [-0.15, -0.1) is 23.8 Å². The monoisotopic (exact) mass is 988 g/mol. The molecule has 1 N–H and O–H groups in total. The van der Waals surface area contributed by atoms with Crippen molar-refractivity contribution in [2.24, 2.45) is 5.92 Å². The first-order chi connectivity index (χ1) is 29.9. The predicted octanol–water partition coefficient (Wildman–Crippen LogP) is 14.9. The van der Waals surface area contributed by atoms with Crippen molar-refractivity contribution in [1.82, 2.24) is 14.5 Å². The second-order valence-electron chi connectivity index (χ2n) is 16.8. The van der Waals surface area contributed by atoms with Crippen LogP contribution in [-0.4, -0.2) is 19.6 Å². The summed E-state index contributed by atoms with van der Waals surface area (Å²) in [6.45, 7) is 12.3. The molecule has 4 nitrogen and oxygen atoms in total. The molecule has 0 fully saturated rings. The van der Waals surface area contributed by atoms with Crippen LogP contribution in [0.3, 0.4) is 0 Å². The number of benzene rings is 7. The van der Waals surface area contributed by atoms with E-state index in [1.165, 1.54) is 5.56 Å². The van der Waals surface area contributed by atoms with E-state index in [0.717, 1.165) is 95.6 Å². The third kappa shape index (κ3) is 8.45. The fourth-order valence-corrected chi connectivity index (χ4v) is 8.50. The third-order valence-corrected chi connectivity index (χ3v) is 11.5. The second-order valence-corrected chi connectivity index (χ2v) is 16.8. The number of rotatable bonds is 10. The topological polar surface area (TPSA) is 50.9 Å². The van der Waals surface area contributed by atoms with Gasteiger partial charge in [0.05, 0.1) is 22.3 Å². The van der Waals surface area contributed by atoms with Crippen LogP contribution >= 0.6 is 0 Å². The van der Waals surface area contributed by atoms with E-state index in [4.69, 9.17) is 11.3 Å². The van der Waals surface area contributed by atoms with Crippen molar-refractivity contribution in [1.29, 1.82) is 0 Å². The minimum atomic E-state index is -0.674. The number of hydrogen-bond acceptors (Lipinski definition) is 3. The van der Waals surface area contributed by atoms with Crippen molar-refractivity contribution in [3.05, 3.63) is 192 Å². The van der Waals surface area contributed by atoms with Gasteiger partial charge in [0.2, 0.25) is 0 Å². The van der Waals surface area contributed by atoms with Crippen LogP contribution in [0.25, 0.3) is 83.9 Å². The fourth-order valence-electron chi connectivity index (χ4n) is 8.50.